The van der Waals surface area contributed by atoms with Gasteiger partial charge in [0.05, 0.1) is 0 Å². The van der Waals surface area contributed by atoms with Crippen molar-refractivity contribution in [1.82, 2.24) is 4.57 Å². The fourth-order valence-corrected chi connectivity index (χ4v) is 2.24. The first kappa shape index (κ1) is 13.2. The molecule has 88 valence electrons. The minimum absolute atomic E-state index is 0.118. The zero-order valence-corrected chi connectivity index (χ0v) is 11.3. The molecular weight excluding hydrogens is 266 g/mol. The number of rotatable bonds is 6. The lowest BCUT2D eigenvalue weighted by Crippen LogP contribution is -2.21. The number of halogens is 1. The topological polar surface area (TPSA) is 22.0 Å². The zero-order chi connectivity index (χ0) is 12.0. The Kier molecular flexibility index (Phi) is 5.53. The molecule has 0 atom stereocenters. The number of hydrogen-bond acceptors (Lipinski definition) is 1. The highest BCUT2D eigenvalue weighted by atomic mass is 79.9. The van der Waals surface area contributed by atoms with Crippen molar-refractivity contribution in [3.8, 4) is 0 Å². The van der Waals surface area contributed by atoms with Crippen LogP contribution in [0.2, 0.25) is 0 Å². The number of nitrogens with zero attached hydrogens (tertiary/aromatic N) is 1. The molecule has 1 rings (SSSR count). The van der Waals surface area contributed by atoms with Gasteiger partial charge in [-0.25, -0.2) is 0 Å². The summed E-state index contributed by atoms with van der Waals surface area (Å²) < 4.78 is 2.75. The summed E-state index contributed by atoms with van der Waals surface area (Å²) in [5.41, 5.74) is 0.910. The standard InChI is InChI=1S/C13H18BrNO/c1-3-4-5-6-7-8-15-10-12(14)9-11(2)13(15)16/h3,9-10H,1,4-8H2,2H3. The van der Waals surface area contributed by atoms with E-state index in [4.69, 9.17) is 0 Å². The largest absolute Gasteiger partial charge is 0.314 e. The third-order valence-corrected chi connectivity index (χ3v) is 2.97. The molecule has 2 nitrogen and oxygen atoms in total. The highest BCUT2D eigenvalue weighted by Crippen LogP contribution is 2.09. The Morgan fingerprint density at radius 2 is 2.19 bits per heavy atom. The third-order valence-electron chi connectivity index (χ3n) is 2.54. The van der Waals surface area contributed by atoms with E-state index in [1.807, 2.05) is 25.3 Å². The van der Waals surface area contributed by atoms with E-state index < -0.39 is 0 Å². The Balaban J connectivity index is 2.54. The summed E-state index contributed by atoms with van der Waals surface area (Å²) in [5.74, 6) is 0. The van der Waals surface area contributed by atoms with Gasteiger partial charge in [0.2, 0.25) is 0 Å². The van der Waals surface area contributed by atoms with Crippen LogP contribution in [0.3, 0.4) is 0 Å². The smallest absolute Gasteiger partial charge is 0.253 e. The average Bonchev–Trinajstić information content (AvgIpc) is 2.24. The number of unbranched alkanes of at least 4 members (excludes halogenated alkanes) is 3. The molecule has 1 heterocycles. The molecule has 0 unspecified atom stereocenters. The van der Waals surface area contributed by atoms with E-state index in [-0.39, 0.29) is 5.56 Å². The number of hydrogen-bond donors (Lipinski definition) is 0. The summed E-state index contributed by atoms with van der Waals surface area (Å²) in [7, 11) is 0. The molecule has 0 aliphatic rings. The lowest BCUT2D eigenvalue weighted by Gasteiger charge is -2.07. The first-order valence-electron chi connectivity index (χ1n) is 5.62. The van der Waals surface area contributed by atoms with Gasteiger partial charge in [-0.05, 0) is 48.2 Å². The second-order valence-corrected chi connectivity index (χ2v) is 4.89. The lowest BCUT2D eigenvalue weighted by molar-refractivity contribution is 0.575. The van der Waals surface area contributed by atoms with Crippen molar-refractivity contribution < 1.29 is 0 Å². The van der Waals surface area contributed by atoms with Crippen LogP contribution in [-0.4, -0.2) is 4.57 Å². The van der Waals surface area contributed by atoms with Crippen LogP contribution < -0.4 is 5.56 Å². The second-order valence-electron chi connectivity index (χ2n) is 3.98. The monoisotopic (exact) mass is 283 g/mol. The van der Waals surface area contributed by atoms with Crippen LogP contribution >= 0.6 is 15.9 Å². The highest BCUT2D eigenvalue weighted by Gasteiger charge is 2.01. The van der Waals surface area contributed by atoms with Crippen molar-refractivity contribution in [2.45, 2.75) is 39.2 Å². The van der Waals surface area contributed by atoms with Gasteiger partial charge in [0, 0.05) is 22.8 Å². The summed E-state index contributed by atoms with van der Waals surface area (Å²) in [6.45, 7) is 6.34. The minimum Gasteiger partial charge on any atom is -0.314 e. The molecule has 16 heavy (non-hydrogen) atoms. The quantitative estimate of drug-likeness (QED) is 0.577. The summed E-state index contributed by atoms with van der Waals surface area (Å²) in [6.07, 6.45) is 8.21. The molecule has 0 N–H and O–H groups in total. The minimum atomic E-state index is 0.118. The third kappa shape index (κ3) is 3.97. The Morgan fingerprint density at radius 3 is 2.88 bits per heavy atom. The van der Waals surface area contributed by atoms with Gasteiger partial charge in [-0.3, -0.25) is 4.79 Å². The molecule has 0 fully saturated rings. The molecule has 0 spiro atoms. The first-order chi connectivity index (χ1) is 7.65. The lowest BCUT2D eigenvalue weighted by atomic mass is 10.2. The number of aromatic nitrogens is 1. The maximum absolute atomic E-state index is 11.8. The normalized spacial score (nSPS) is 10.4. The number of allylic oxidation sites excluding steroid dienone is 1. The van der Waals surface area contributed by atoms with E-state index in [0.29, 0.717) is 0 Å². The van der Waals surface area contributed by atoms with E-state index in [2.05, 4.69) is 22.5 Å². The molecule has 0 bridgehead atoms. The molecule has 0 saturated heterocycles. The van der Waals surface area contributed by atoms with Crippen molar-refractivity contribution in [2.75, 3.05) is 0 Å². The van der Waals surface area contributed by atoms with E-state index in [1.54, 1.807) is 4.57 Å². The van der Waals surface area contributed by atoms with Crippen LogP contribution in [0.15, 0.2) is 34.2 Å². The fraction of sp³-hybridized carbons (Fsp3) is 0.462. The molecule has 1 aromatic rings. The van der Waals surface area contributed by atoms with Crippen LogP contribution in [0.5, 0.6) is 0 Å². The van der Waals surface area contributed by atoms with Gasteiger partial charge in [0.1, 0.15) is 0 Å². The highest BCUT2D eigenvalue weighted by molar-refractivity contribution is 9.10. The SMILES string of the molecule is C=CCCCCCn1cc(Br)cc(C)c1=O. The molecule has 1 aromatic heterocycles. The van der Waals surface area contributed by atoms with Crippen LogP contribution in [0.4, 0.5) is 0 Å². The van der Waals surface area contributed by atoms with Gasteiger partial charge >= 0.3 is 0 Å². The predicted octanol–water partition coefficient (Wildman–Crippen LogP) is 3.67. The molecule has 3 heteroatoms. The van der Waals surface area contributed by atoms with Crippen molar-refractivity contribution in [3.63, 3.8) is 0 Å². The van der Waals surface area contributed by atoms with Gasteiger partial charge in [-0.1, -0.05) is 12.5 Å². The zero-order valence-electron chi connectivity index (χ0n) is 9.71. The summed E-state index contributed by atoms with van der Waals surface area (Å²) in [6, 6.07) is 1.86. The predicted molar refractivity (Wildman–Crippen MR) is 71.8 cm³/mol. The molecule has 0 aliphatic carbocycles. The van der Waals surface area contributed by atoms with E-state index in [0.717, 1.165) is 42.3 Å². The van der Waals surface area contributed by atoms with Gasteiger partial charge in [0.15, 0.2) is 0 Å². The fourth-order valence-electron chi connectivity index (χ4n) is 1.65. The van der Waals surface area contributed by atoms with E-state index in [1.165, 1.54) is 0 Å². The Labute approximate surface area is 105 Å². The maximum atomic E-state index is 11.8. The molecule has 0 saturated carbocycles. The molecule has 0 aliphatic heterocycles. The molecule has 0 amide bonds. The van der Waals surface area contributed by atoms with Gasteiger partial charge in [-0.15, -0.1) is 6.58 Å². The number of pyridine rings is 1. The van der Waals surface area contributed by atoms with E-state index in [9.17, 15) is 4.79 Å². The summed E-state index contributed by atoms with van der Waals surface area (Å²) in [4.78, 5) is 11.8. The van der Waals surface area contributed by atoms with Crippen molar-refractivity contribution in [2.24, 2.45) is 0 Å². The van der Waals surface area contributed by atoms with Crippen molar-refractivity contribution >= 4 is 15.9 Å². The van der Waals surface area contributed by atoms with E-state index >= 15 is 0 Å². The van der Waals surface area contributed by atoms with Gasteiger partial charge in [-0.2, -0.15) is 0 Å². The van der Waals surface area contributed by atoms with Crippen LogP contribution in [0.1, 0.15) is 31.2 Å². The second kappa shape index (κ2) is 6.69. The molecular formula is C13H18BrNO. The van der Waals surface area contributed by atoms with Crippen LogP contribution in [0, 0.1) is 6.92 Å². The molecule has 0 aromatic carbocycles. The Morgan fingerprint density at radius 1 is 1.44 bits per heavy atom. The van der Waals surface area contributed by atoms with Crippen molar-refractivity contribution in [3.05, 3.63) is 45.3 Å². The van der Waals surface area contributed by atoms with Gasteiger partial charge < -0.3 is 4.57 Å². The number of aryl methyl sites for hydroxylation is 2. The average molecular weight is 284 g/mol. The summed E-state index contributed by atoms with van der Waals surface area (Å²) in [5, 5.41) is 0. The first-order valence-corrected chi connectivity index (χ1v) is 6.42. The van der Waals surface area contributed by atoms with Gasteiger partial charge in [0.25, 0.3) is 5.56 Å². The van der Waals surface area contributed by atoms with Crippen LogP contribution in [0.25, 0.3) is 0 Å². The van der Waals surface area contributed by atoms with Crippen LogP contribution in [-0.2, 0) is 6.54 Å². The Bertz CT molecular complexity index is 409. The van der Waals surface area contributed by atoms with Crippen molar-refractivity contribution in [1.29, 1.82) is 0 Å². The maximum Gasteiger partial charge on any atom is 0.253 e. The Hall–Kier alpha value is -0.830. The molecule has 0 radical (unpaired) electrons. The summed E-state index contributed by atoms with van der Waals surface area (Å²) >= 11 is 3.41.